The average Bonchev–Trinajstić information content (AvgIpc) is 3.31. The van der Waals surface area contributed by atoms with Gasteiger partial charge in [-0.25, -0.2) is 0 Å². The van der Waals surface area contributed by atoms with Gasteiger partial charge in [-0.15, -0.1) is 0 Å². The Morgan fingerprint density at radius 3 is 2.45 bits per heavy atom. The molecule has 0 atom stereocenters. The molecule has 1 amide bonds. The number of hydrogen-bond donors (Lipinski definition) is 0. The number of nitrogens with zero attached hydrogens (tertiary/aromatic N) is 4. The summed E-state index contributed by atoms with van der Waals surface area (Å²) in [6.07, 6.45) is 0.470. The standard InChI is InChI=1S/C24H28N4O3/c1-2-30-17-12-22(29)28-15-13-27(14-16-28)18-19-8-10-20(11-9-19)23-25-24(31-26-23)21-6-4-3-5-7-21/h3-11H,2,12-18H2,1H3. The van der Waals surface area contributed by atoms with Crippen molar-refractivity contribution in [2.75, 3.05) is 39.4 Å². The van der Waals surface area contributed by atoms with Gasteiger partial charge in [0, 0.05) is 50.5 Å². The van der Waals surface area contributed by atoms with E-state index in [0.29, 0.717) is 31.3 Å². The van der Waals surface area contributed by atoms with E-state index in [4.69, 9.17) is 9.26 Å². The summed E-state index contributed by atoms with van der Waals surface area (Å²) in [5.41, 5.74) is 3.07. The molecular formula is C24H28N4O3. The first kappa shape index (κ1) is 21.2. The molecule has 1 fully saturated rings. The van der Waals surface area contributed by atoms with Crippen LogP contribution in [0.15, 0.2) is 59.1 Å². The molecule has 0 N–H and O–H groups in total. The topological polar surface area (TPSA) is 71.7 Å². The fourth-order valence-electron chi connectivity index (χ4n) is 3.67. The molecular weight excluding hydrogens is 392 g/mol. The zero-order chi connectivity index (χ0) is 21.5. The molecule has 1 aliphatic heterocycles. The molecule has 0 unspecified atom stereocenters. The van der Waals surface area contributed by atoms with Gasteiger partial charge in [-0.05, 0) is 24.6 Å². The van der Waals surface area contributed by atoms with E-state index >= 15 is 0 Å². The minimum absolute atomic E-state index is 0.187. The first-order chi connectivity index (χ1) is 15.2. The molecule has 2 heterocycles. The number of aromatic nitrogens is 2. The molecule has 162 valence electrons. The molecule has 1 saturated heterocycles. The van der Waals surface area contributed by atoms with Crippen LogP contribution in [0.3, 0.4) is 0 Å². The van der Waals surface area contributed by atoms with E-state index in [1.807, 2.05) is 54.3 Å². The molecule has 31 heavy (non-hydrogen) atoms. The molecule has 1 aliphatic rings. The zero-order valence-corrected chi connectivity index (χ0v) is 17.9. The monoisotopic (exact) mass is 420 g/mol. The van der Waals surface area contributed by atoms with Crippen LogP contribution in [-0.4, -0.2) is 65.2 Å². The van der Waals surface area contributed by atoms with Crippen molar-refractivity contribution >= 4 is 5.91 Å². The highest BCUT2D eigenvalue weighted by Crippen LogP contribution is 2.22. The molecule has 2 aromatic carbocycles. The van der Waals surface area contributed by atoms with Crippen LogP contribution < -0.4 is 0 Å². The second-order valence-corrected chi connectivity index (χ2v) is 7.59. The molecule has 4 rings (SSSR count). The van der Waals surface area contributed by atoms with Crippen LogP contribution in [0.25, 0.3) is 22.8 Å². The maximum atomic E-state index is 12.2. The van der Waals surface area contributed by atoms with Gasteiger partial charge >= 0.3 is 0 Å². The van der Waals surface area contributed by atoms with Gasteiger partial charge in [0.15, 0.2) is 0 Å². The third-order valence-corrected chi connectivity index (χ3v) is 5.45. The highest BCUT2D eigenvalue weighted by molar-refractivity contribution is 5.76. The van der Waals surface area contributed by atoms with E-state index in [2.05, 4.69) is 27.2 Å². The number of amides is 1. The summed E-state index contributed by atoms with van der Waals surface area (Å²) < 4.78 is 10.7. The Balaban J connectivity index is 1.29. The van der Waals surface area contributed by atoms with Crippen LogP contribution in [0.2, 0.25) is 0 Å². The van der Waals surface area contributed by atoms with Crippen LogP contribution in [-0.2, 0) is 16.1 Å². The SMILES string of the molecule is CCOCCC(=O)N1CCN(Cc2ccc(-c3noc(-c4ccccc4)n3)cc2)CC1. The fraction of sp³-hybridized carbons (Fsp3) is 0.375. The fourth-order valence-corrected chi connectivity index (χ4v) is 3.67. The summed E-state index contributed by atoms with van der Waals surface area (Å²) in [5, 5.41) is 4.12. The highest BCUT2D eigenvalue weighted by atomic mass is 16.5. The van der Waals surface area contributed by atoms with Gasteiger partial charge in [0.25, 0.3) is 5.89 Å². The van der Waals surface area contributed by atoms with E-state index < -0.39 is 0 Å². The third-order valence-electron chi connectivity index (χ3n) is 5.45. The quantitative estimate of drug-likeness (QED) is 0.520. The maximum Gasteiger partial charge on any atom is 0.258 e. The number of ether oxygens (including phenoxy) is 1. The molecule has 0 spiro atoms. The Labute approximate surface area is 182 Å². The molecule has 1 aromatic heterocycles. The molecule has 0 radical (unpaired) electrons. The number of hydrogen-bond acceptors (Lipinski definition) is 6. The van der Waals surface area contributed by atoms with Crippen molar-refractivity contribution < 1.29 is 14.1 Å². The van der Waals surface area contributed by atoms with Crippen LogP contribution in [0, 0.1) is 0 Å². The van der Waals surface area contributed by atoms with Gasteiger partial charge < -0.3 is 14.2 Å². The molecule has 3 aromatic rings. The van der Waals surface area contributed by atoms with Crippen LogP contribution in [0.1, 0.15) is 18.9 Å². The van der Waals surface area contributed by atoms with Crippen LogP contribution in [0.5, 0.6) is 0 Å². The minimum Gasteiger partial charge on any atom is -0.381 e. The number of rotatable bonds is 8. The van der Waals surface area contributed by atoms with Crippen molar-refractivity contribution in [3.05, 3.63) is 60.2 Å². The summed E-state index contributed by atoms with van der Waals surface area (Å²) in [6, 6.07) is 18.0. The van der Waals surface area contributed by atoms with Gasteiger partial charge in [0.05, 0.1) is 13.0 Å². The summed E-state index contributed by atoms with van der Waals surface area (Å²) in [6.45, 7) is 7.28. The lowest BCUT2D eigenvalue weighted by molar-refractivity contribution is -0.134. The zero-order valence-electron chi connectivity index (χ0n) is 17.9. The molecule has 0 aliphatic carbocycles. The Morgan fingerprint density at radius 2 is 1.74 bits per heavy atom. The molecule has 0 saturated carbocycles. The molecule has 7 heteroatoms. The summed E-state index contributed by atoms with van der Waals surface area (Å²) >= 11 is 0. The minimum atomic E-state index is 0.187. The number of carbonyl (C=O) groups excluding carboxylic acids is 1. The Bertz CT molecular complexity index is 964. The number of carbonyl (C=O) groups is 1. The highest BCUT2D eigenvalue weighted by Gasteiger charge is 2.21. The van der Waals surface area contributed by atoms with Gasteiger partial charge in [0.1, 0.15) is 0 Å². The van der Waals surface area contributed by atoms with E-state index in [-0.39, 0.29) is 5.91 Å². The van der Waals surface area contributed by atoms with Gasteiger partial charge in [-0.1, -0.05) is 47.6 Å². The lowest BCUT2D eigenvalue weighted by Crippen LogP contribution is -2.48. The van der Waals surface area contributed by atoms with Crippen molar-refractivity contribution in [1.29, 1.82) is 0 Å². The summed E-state index contributed by atoms with van der Waals surface area (Å²) in [5.74, 6) is 1.30. The molecule has 7 nitrogen and oxygen atoms in total. The Morgan fingerprint density at radius 1 is 1.00 bits per heavy atom. The van der Waals surface area contributed by atoms with Crippen LogP contribution >= 0.6 is 0 Å². The van der Waals surface area contributed by atoms with Crippen molar-refractivity contribution in [2.24, 2.45) is 0 Å². The van der Waals surface area contributed by atoms with Gasteiger partial charge in [-0.3, -0.25) is 9.69 Å². The second kappa shape index (κ2) is 10.3. The first-order valence-corrected chi connectivity index (χ1v) is 10.8. The summed E-state index contributed by atoms with van der Waals surface area (Å²) in [7, 11) is 0. The first-order valence-electron chi connectivity index (χ1n) is 10.8. The predicted molar refractivity (Wildman–Crippen MR) is 118 cm³/mol. The lowest BCUT2D eigenvalue weighted by Gasteiger charge is -2.34. The number of benzene rings is 2. The summed E-state index contributed by atoms with van der Waals surface area (Å²) in [4.78, 5) is 21.0. The van der Waals surface area contributed by atoms with E-state index in [1.54, 1.807) is 0 Å². The van der Waals surface area contributed by atoms with Crippen molar-refractivity contribution in [3.8, 4) is 22.8 Å². The molecule has 0 bridgehead atoms. The Hall–Kier alpha value is -3.03. The average molecular weight is 421 g/mol. The van der Waals surface area contributed by atoms with Gasteiger partial charge in [-0.2, -0.15) is 4.98 Å². The van der Waals surface area contributed by atoms with E-state index in [9.17, 15) is 4.79 Å². The van der Waals surface area contributed by atoms with Crippen molar-refractivity contribution in [2.45, 2.75) is 19.9 Å². The third kappa shape index (κ3) is 5.57. The Kier molecular flexibility index (Phi) is 7.07. The normalized spacial score (nSPS) is 14.7. The van der Waals surface area contributed by atoms with Crippen molar-refractivity contribution in [1.82, 2.24) is 19.9 Å². The number of piperazine rings is 1. The largest absolute Gasteiger partial charge is 0.381 e. The van der Waals surface area contributed by atoms with Crippen LogP contribution in [0.4, 0.5) is 0 Å². The van der Waals surface area contributed by atoms with Gasteiger partial charge in [0.2, 0.25) is 11.7 Å². The van der Waals surface area contributed by atoms with E-state index in [1.165, 1.54) is 5.56 Å². The lowest BCUT2D eigenvalue weighted by atomic mass is 10.1. The van der Waals surface area contributed by atoms with Crippen molar-refractivity contribution in [3.63, 3.8) is 0 Å². The predicted octanol–water partition coefficient (Wildman–Crippen LogP) is 3.47. The van der Waals surface area contributed by atoms with E-state index in [0.717, 1.165) is 43.9 Å². The second-order valence-electron chi connectivity index (χ2n) is 7.59. The smallest absolute Gasteiger partial charge is 0.258 e. The maximum absolute atomic E-state index is 12.2.